The predicted molar refractivity (Wildman–Crippen MR) is 94.5 cm³/mol. The van der Waals surface area contributed by atoms with Gasteiger partial charge in [-0.15, -0.1) is 0 Å². The molecule has 0 unspecified atom stereocenters. The van der Waals surface area contributed by atoms with Crippen molar-refractivity contribution in [3.63, 3.8) is 0 Å². The molecule has 1 heterocycles. The standard InChI is InChI=1S/C19H18N2O5/c22-15(10-18(23)21-25)11-20-19(24)13-7-5-12(6-8-13)17-9-14-3-1-2-4-16(14)26-17/h1-9,15,22,25H,10-11H2,(H,20,24)(H,21,23)/t15-/m1/s1. The van der Waals surface area contributed by atoms with E-state index in [0.29, 0.717) is 11.3 Å². The van der Waals surface area contributed by atoms with Gasteiger partial charge in [0, 0.05) is 23.1 Å². The average molecular weight is 354 g/mol. The fraction of sp³-hybridized carbons (Fsp3) is 0.158. The van der Waals surface area contributed by atoms with Crippen LogP contribution in [0.4, 0.5) is 0 Å². The van der Waals surface area contributed by atoms with Gasteiger partial charge in [-0.1, -0.05) is 30.3 Å². The molecule has 3 rings (SSSR count). The quantitative estimate of drug-likeness (QED) is 0.400. The third-order valence-electron chi connectivity index (χ3n) is 3.90. The first kappa shape index (κ1) is 17.7. The summed E-state index contributed by atoms with van der Waals surface area (Å²) in [5.41, 5.74) is 3.49. The zero-order valence-corrected chi connectivity index (χ0v) is 13.8. The van der Waals surface area contributed by atoms with Crippen molar-refractivity contribution in [2.75, 3.05) is 6.54 Å². The van der Waals surface area contributed by atoms with E-state index in [1.807, 2.05) is 30.3 Å². The van der Waals surface area contributed by atoms with E-state index >= 15 is 0 Å². The number of fused-ring (bicyclic) bond motifs is 1. The van der Waals surface area contributed by atoms with Crippen molar-refractivity contribution in [2.24, 2.45) is 0 Å². The normalized spacial score (nSPS) is 11.9. The van der Waals surface area contributed by atoms with E-state index in [1.54, 1.807) is 24.3 Å². The molecule has 0 aliphatic carbocycles. The van der Waals surface area contributed by atoms with Crippen molar-refractivity contribution in [1.29, 1.82) is 0 Å². The van der Waals surface area contributed by atoms with Crippen LogP contribution in [0.25, 0.3) is 22.3 Å². The Morgan fingerprint density at radius 3 is 2.50 bits per heavy atom. The number of carbonyl (C=O) groups is 2. The minimum absolute atomic E-state index is 0.0996. The van der Waals surface area contributed by atoms with Crippen molar-refractivity contribution >= 4 is 22.8 Å². The zero-order chi connectivity index (χ0) is 18.5. The topological polar surface area (TPSA) is 112 Å². The Labute approximate surface area is 149 Å². The van der Waals surface area contributed by atoms with Gasteiger partial charge < -0.3 is 14.8 Å². The fourth-order valence-corrected chi connectivity index (χ4v) is 2.55. The molecule has 2 amide bonds. The number of nitrogens with one attached hydrogen (secondary N) is 2. The Bertz CT molecular complexity index is 884. The number of hydrogen-bond acceptors (Lipinski definition) is 5. The number of aliphatic hydroxyl groups excluding tert-OH is 1. The number of carbonyl (C=O) groups excluding carboxylic acids is 2. The fourth-order valence-electron chi connectivity index (χ4n) is 2.55. The molecule has 0 aliphatic heterocycles. The molecule has 0 saturated heterocycles. The van der Waals surface area contributed by atoms with Crippen LogP contribution in [0.5, 0.6) is 0 Å². The van der Waals surface area contributed by atoms with E-state index < -0.39 is 12.0 Å². The Kier molecular flexibility index (Phi) is 5.31. The number of rotatable bonds is 6. The maximum atomic E-state index is 12.1. The molecule has 7 heteroatoms. The maximum absolute atomic E-state index is 12.1. The lowest BCUT2D eigenvalue weighted by Crippen LogP contribution is -2.35. The summed E-state index contributed by atoms with van der Waals surface area (Å²) in [4.78, 5) is 23.0. The number of furan rings is 1. The summed E-state index contributed by atoms with van der Waals surface area (Å²) in [6.07, 6.45) is -1.39. The van der Waals surface area contributed by atoms with Crippen LogP contribution in [-0.4, -0.2) is 34.8 Å². The second-order valence-electron chi connectivity index (χ2n) is 5.83. The molecule has 134 valence electrons. The molecule has 4 N–H and O–H groups in total. The molecule has 1 aromatic heterocycles. The molecule has 7 nitrogen and oxygen atoms in total. The van der Waals surface area contributed by atoms with Crippen LogP contribution in [0.3, 0.4) is 0 Å². The van der Waals surface area contributed by atoms with E-state index in [9.17, 15) is 14.7 Å². The summed E-state index contributed by atoms with van der Waals surface area (Å²) in [6, 6.07) is 16.5. The minimum atomic E-state index is -1.08. The van der Waals surface area contributed by atoms with Crippen LogP contribution in [-0.2, 0) is 4.79 Å². The van der Waals surface area contributed by atoms with E-state index in [4.69, 9.17) is 9.62 Å². The number of hydrogen-bond donors (Lipinski definition) is 4. The van der Waals surface area contributed by atoms with Gasteiger partial charge in [-0.05, 0) is 24.3 Å². The van der Waals surface area contributed by atoms with Crippen LogP contribution in [0.2, 0.25) is 0 Å². The first-order valence-electron chi connectivity index (χ1n) is 8.05. The molecule has 0 saturated carbocycles. The lowest BCUT2D eigenvalue weighted by atomic mass is 10.1. The van der Waals surface area contributed by atoms with Gasteiger partial charge in [0.2, 0.25) is 5.91 Å². The Balaban J connectivity index is 1.63. The smallest absolute Gasteiger partial charge is 0.251 e. The van der Waals surface area contributed by atoms with Gasteiger partial charge in [0.05, 0.1) is 12.5 Å². The van der Waals surface area contributed by atoms with Crippen molar-refractivity contribution in [1.82, 2.24) is 10.8 Å². The summed E-state index contributed by atoms with van der Waals surface area (Å²) in [6.45, 7) is -0.0996. The predicted octanol–water partition coefficient (Wildman–Crippen LogP) is 2.09. The summed E-state index contributed by atoms with van der Waals surface area (Å²) in [7, 11) is 0. The molecule has 0 bridgehead atoms. The summed E-state index contributed by atoms with van der Waals surface area (Å²) >= 11 is 0. The van der Waals surface area contributed by atoms with Gasteiger partial charge in [0.15, 0.2) is 0 Å². The Morgan fingerprint density at radius 1 is 1.08 bits per heavy atom. The highest BCUT2D eigenvalue weighted by atomic mass is 16.5. The molecular weight excluding hydrogens is 336 g/mol. The molecule has 0 spiro atoms. The van der Waals surface area contributed by atoms with Crippen molar-refractivity contribution in [2.45, 2.75) is 12.5 Å². The van der Waals surface area contributed by atoms with Gasteiger partial charge in [0.25, 0.3) is 5.91 Å². The van der Waals surface area contributed by atoms with Crippen LogP contribution in [0, 0.1) is 0 Å². The highest BCUT2D eigenvalue weighted by Gasteiger charge is 2.13. The van der Waals surface area contributed by atoms with Crippen molar-refractivity contribution < 1.29 is 24.3 Å². The van der Waals surface area contributed by atoms with Crippen LogP contribution >= 0.6 is 0 Å². The zero-order valence-electron chi connectivity index (χ0n) is 13.8. The SMILES string of the molecule is O=C(C[C@@H](O)CNC(=O)c1ccc(-c2cc3ccccc3o2)cc1)NO. The summed E-state index contributed by atoms with van der Waals surface area (Å²) in [5.74, 6) is -0.379. The Hall–Kier alpha value is -3.16. The second kappa shape index (κ2) is 7.81. The van der Waals surface area contributed by atoms with E-state index in [2.05, 4.69) is 5.32 Å². The lowest BCUT2D eigenvalue weighted by Gasteiger charge is -2.11. The lowest BCUT2D eigenvalue weighted by molar-refractivity contribution is -0.131. The summed E-state index contributed by atoms with van der Waals surface area (Å²) < 4.78 is 5.79. The van der Waals surface area contributed by atoms with Crippen LogP contribution in [0.1, 0.15) is 16.8 Å². The highest BCUT2D eigenvalue weighted by molar-refractivity contribution is 5.94. The summed E-state index contributed by atoms with van der Waals surface area (Å²) in [5, 5.41) is 21.5. The van der Waals surface area contributed by atoms with Gasteiger partial charge in [-0.3, -0.25) is 14.8 Å². The van der Waals surface area contributed by atoms with Gasteiger partial charge in [0.1, 0.15) is 11.3 Å². The molecule has 0 radical (unpaired) electrons. The van der Waals surface area contributed by atoms with Crippen molar-refractivity contribution in [3.05, 3.63) is 60.2 Å². The third kappa shape index (κ3) is 4.08. The first-order valence-corrected chi connectivity index (χ1v) is 8.05. The van der Waals surface area contributed by atoms with Gasteiger partial charge in [-0.25, -0.2) is 5.48 Å². The number of hydroxylamine groups is 1. The molecule has 2 aromatic carbocycles. The number of amides is 2. The van der Waals surface area contributed by atoms with E-state index in [0.717, 1.165) is 16.5 Å². The molecule has 1 atom stereocenters. The van der Waals surface area contributed by atoms with E-state index in [1.165, 1.54) is 5.48 Å². The van der Waals surface area contributed by atoms with E-state index in [-0.39, 0.29) is 18.9 Å². The molecular formula is C19H18N2O5. The average Bonchev–Trinajstić information content (AvgIpc) is 3.10. The maximum Gasteiger partial charge on any atom is 0.251 e. The van der Waals surface area contributed by atoms with Crippen molar-refractivity contribution in [3.8, 4) is 11.3 Å². The number of aliphatic hydroxyl groups is 1. The highest BCUT2D eigenvalue weighted by Crippen LogP contribution is 2.27. The van der Waals surface area contributed by atoms with Gasteiger partial charge >= 0.3 is 0 Å². The van der Waals surface area contributed by atoms with Gasteiger partial charge in [-0.2, -0.15) is 0 Å². The number of benzene rings is 2. The Morgan fingerprint density at radius 2 is 1.81 bits per heavy atom. The third-order valence-corrected chi connectivity index (χ3v) is 3.90. The molecule has 0 aliphatic rings. The molecule has 3 aromatic rings. The minimum Gasteiger partial charge on any atom is -0.456 e. The van der Waals surface area contributed by atoms with Crippen LogP contribution in [0.15, 0.2) is 59.0 Å². The largest absolute Gasteiger partial charge is 0.456 e. The molecule has 26 heavy (non-hydrogen) atoms. The number of para-hydroxylation sites is 1. The monoisotopic (exact) mass is 354 g/mol. The molecule has 0 fully saturated rings. The second-order valence-corrected chi connectivity index (χ2v) is 5.83. The first-order chi connectivity index (χ1) is 12.6. The van der Waals surface area contributed by atoms with Crippen LogP contribution < -0.4 is 10.8 Å².